The summed E-state index contributed by atoms with van der Waals surface area (Å²) < 4.78 is 28.8. The first-order chi connectivity index (χ1) is 13.3. The van der Waals surface area contributed by atoms with Gasteiger partial charge in [-0.05, 0) is 31.2 Å². The Morgan fingerprint density at radius 1 is 1.25 bits per heavy atom. The van der Waals surface area contributed by atoms with Gasteiger partial charge in [-0.3, -0.25) is 19.3 Å². The second-order valence-corrected chi connectivity index (χ2v) is 7.27. The molecule has 3 amide bonds. The number of halogens is 2. The lowest BCUT2D eigenvalue weighted by atomic mass is 10.1. The van der Waals surface area contributed by atoms with E-state index in [-0.39, 0.29) is 49.3 Å². The second kappa shape index (κ2) is 8.42. The van der Waals surface area contributed by atoms with Crippen molar-refractivity contribution >= 4 is 34.2 Å². The van der Waals surface area contributed by atoms with Crippen LogP contribution in [0, 0.1) is 6.92 Å². The van der Waals surface area contributed by atoms with Crippen LogP contribution >= 0.6 is 11.3 Å². The van der Waals surface area contributed by atoms with Crippen LogP contribution in [-0.2, 0) is 14.4 Å². The molecule has 0 saturated carbocycles. The Bertz CT molecular complexity index is 883. The Balaban J connectivity index is 1.61. The topological polar surface area (TPSA) is 88.6 Å². The van der Waals surface area contributed by atoms with Gasteiger partial charge in [0.15, 0.2) is 5.13 Å². The molecule has 1 saturated heterocycles. The fourth-order valence-corrected chi connectivity index (χ4v) is 3.63. The summed E-state index contributed by atoms with van der Waals surface area (Å²) in [6.45, 7) is -1.01. The number of carbonyl (C=O) groups is 3. The van der Waals surface area contributed by atoms with E-state index in [1.807, 2.05) is 6.92 Å². The smallest absolute Gasteiger partial charge is 0.387 e. The molecule has 0 radical (unpaired) electrons. The molecule has 0 spiro atoms. The third kappa shape index (κ3) is 4.69. The van der Waals surface area contributed by atoms with Crippen LogP contribution < -0.4 is 10.1 Å². The van der Waals surface area contributed by atoms with Gasteiger partial charge in [0.25, 0.3) is 0 Å². The van der Waals surface area contributed by atoms with Crippen molar-refractivity contribution in [3.05, 3.63) is 29.1 Å². The molecule has 1 aliphatic rings. The molecule has 0 bridgehead atoms. The van der Waals surface area contributed by atoms with Crippen LogP contribution in [0.25, 0.3) is 11.3 Å². The minimum atomic E-state index is -2.89. The molecule has 0 unspecified atom stereocenters. The normalized spacial score (nSPS) is 14.1. The molecule has 1 aromatic heterocycles. The monoisotopic (exact) mass is 409 g/mol. The number of hydrogen-bond donors (Lipinski definition) is 1. The predicted molar refractivity (Wildman–Crippen MR) is 98.1 cm³/mol. The molecule has 28 heavy (non-hydrogen) atoms. The highest BCUT2D eigenvalue weighted by molar-refractivity contribution is 7.16. The van der Waals surface area contributed by atoms with E-state index < -0.39 is 6.61 Å². The number of rotatable bonds is 7. The van der Waals surface area contributed by atoms with Gasteiger partial charge in [0.2, 0.25) is 17.7 Å². The van der Waals surface area contributed by atoms with Gasteiger partial charge in [-0.1, -0.05) is 0 Å². The molecule has 7 nitrogen and oxygen atoms in total. The van der Waals surface area contributed by atoms with E-state index in [2.05, 4.69) is 15.0 Å². The van der Waals surface area contributed by atoms with Crippen LogP contribution in [0.1, 0.15) is 24.1 Å². The van der Waals surface area contributed by atoms with E-state index in [0.29, 0.717) is 16.4 Å². The van der Waals surface area contributed by atoms with E-state index in [1.165, 1.54) is 23.5 Å². The summed E-state index contributed by atoms with van der Waals surface area (Å²) in [5.74, 6) is -0.825. The van der Waals surface area contributed by atoms with Gasteiger partial charge in [0, 0.05) is 36.2 Å². The number of amides is 3. The molecular weight excluding hydrogens is 392 g/mol. The number of benzene rings is 1. The summed E-state index contributed by atoms with van der Waals surface area (Å²) in [4.78, 5) is 41.5. The lowest BCUT2D eigenvalue weighted by Gasteiger charge is -2.12. The van der Waals surface area contributed by atoms with Crippen molar-refractivity contribution in [3.63, 3.8) is 0 Å². The minimum Gasteiger partial charge on any atom is -0.435 e. The van der Waals surface area contributed by atoms with Crippen LogP contribution in [0.5, 0.6) is 5.75 Å². The number of aryl methyl sites for hydroxylation is 1. The Hall–Kier alpha value is -2.88. The maximum atomic E-state index is 12.2. The van der Waals surface area contributed by atoms with Crippen LogP contribution in [-0.4, -0.2) is 40.8 Å². The predicted octanol–water partition coefficient (Wildman–Crippen LogP) is 3.20. The van der Waals surface area contributed by atoms with Crippen molar-refractivity contribution in [2.45, 2.75) is 32.8 Å². The molecule has 2 heterocycles. The van der Waals surface area contributed by atoms with Gasteiger partial charge < -0.3 is 10.1 Å². The summed E-state index contributed by atoms with van der Waals surface area (Å²) in [6.07, 6.45) is 0.373. The number of hydrogen-bond acceptors (Lipinski definition) is 6. The quantitative estimate of drug-likeness (QED) is 0.710. The maximum absolute atomic E-state index is 12.2. The molecule has 1 aliphatic heterocycles. The maximum Gasteiger partial charge on any atom is 0.387 e. The number of aromatic nitrogens is 1. The summed E-state index contributed by atoms with van der Waals surface area (Å²) >= 11 is 1.27. The molecule has 1 N–H and O–H groups in total. The summed E-state index contributed by atoms with van der Waals surface area (Å²) in [6, 6.07) is 6.05. The first kappa shape index (κ1) is 19.9. The van der Waals surface area contributed by atoms with Crippen molar-refractivity contribution < 1.29 is 27.9 Å². The van der Waals surface area contributed by atoms with Gasteiger partial charge in [0.1, 0.15) is 5.75 Å². The highest BCUT2D eigenvalue weighted by atomic mass is 32.1. The fourth-order valence-electron chi connectivity index (χ4n) is 2.78. The molecule has 2 aromatic rings. The van der Waals surface area contributed by atoms with E-state index in [1.54, 1.807) is 12.1 Å². The van der Waals surface area contributed by atoms with Crippen LogP contribution in [0.4, 0.5) is 13.9 Å². The number of anilines is 1. The molecule has 0 atom stereocenters. The van der Waals surface area contributed by atoms with Crippen molar-refractivity contribution in [2.75, 3.05) is 11.9 Å². The number of carbonyl (C=O) groups excluding carboxylic acids is 3. The lowest BCUT2D eigenvalue weighted by molar-refractivity contribution is -0.138. The highest BCUT2D eigenvalue weighted by Crippen LogP contribution is 2.31. The minimum absolute atomic E-state index is 0.00882. The molecule has 1 fully saturated rings. The van der Waals surface area contributed by atoms with Crippen LogP contribution in [0.15, 0.2) is 24.3 Å². The first-order valence-corrected chi connectivity index (χ1v) is 9.31. The van der Waals surface area contributed by atoms with Gasteiger partial charge in [0.05, 0.1) is 5.69 Å². The summed E-state index contributed by atoms with van der Waals surface area (Å²) in [5.41, 5.74) is 1.32. The number of alkyl halides is 2. The van der Waals surface area contributed by atoms with E-state index in [4.69, 9.17) is 0 Å². The van der Waals surface area contributed by atoms with Gasteiger partial charge in [-0.25, -0.2) is 4.98 Å². The Morgan fingerprint density at radius 2 is 1.89 bits per heavy atom. The zero-order valence-electron chi connectivity index (χ0n) is 14.9. The zero-order valence-corrected chi connectivity index (χ0v) is 15.7. The number of thiazole rings is 1. The zero-order chi connectivity index (χ0) is 20.3. The van der Waals surface area contributed by atoms with Crippen molar-refractivity contribution in [1.29, 1.82) is 0 Å². The standard InChI is InChI=1S/C18H17F2N3O4S/c1-10-16(11-2-4-12(5-3-11)27-17(19)20)22-18(28-10)21-13(24)8-9-23-14(25)6-7-15(23)26/h2-5,17H,6-9H2,1H3,(H,21,22,24). The third-order valence-electron chi connectivity index (χ3n) is 4.11. The van der Waals surface area contributed by atoms with E-state index >= 15 is 0 Å². The lowest BCUT2D eigenvalue weighted by Crippen LogP contribution is -2.32. The fraction of sp³-hybridized carbons (Fsp3) is 0.333. The number of imide groups is 1. The van der Waals surface area contributed by atoms with Crippen molar-refractivity contribution in [1.82, 2.24) is 9.88 Å². The highest BCUT2D eigenvalue weighted by Gasteiger charge is 2.28. The van der Waals surface area contributed by atoms with Gasteiger partial charge in [-0.15, -0.1) is 11.3 Å². The van der Waals surface area contributed by atoms with Crippen LogP contribution in [0.3, 0.4) is 0 Å². The number of ether oxygens (including phenoxy) is 1. The average molecular weight is 409 g/mol. The van der Waals surface area contributed by atoms with Gasteiger partial charge >= 0.3 is 6.61 Å². The van der Waals surface area contributed by atoms with Crippen molar-refractivity contribution in [3.8, 4) is 17.0 Å². The molecule has 1 aromatic carbocycles. The number of nitrogens with one attached hydrogen (secondary N) is 1. The van der Waals surface area contributed by atoms with E-state index in [9.17, 15) is 23.2 Å². The van der Waals surface area contributed by atoms with Crippen molar-refractivity contribution in [2.24, 2.45) is 0 Å². The van der Waals surface area contributed by atoms with Gasteiger partial charge in [-0.2, -0.15) is 8.78 Å². The third-order valence-corrected chi connectivity index (χ3v) is 5.00. The molecule has 3 rings (SSSR count). The number of nitrogens with zero attached hydrogens (tertiary/aromatic N) is 2. The number of likely N-dealkylation sites (tertiary alicyclic amines) is 1. The summed E-state index contributed by atoms with van der Waals surface area (Å²) in [5, 5.41) is 3.04. The Morgan fingerprint density at radius 3 is 2.50 bits per heavy atom. The molecule has 148 valence electrons. The SMILES string of the molecule is Cc1sc(NC(=O)CCN2C(=O)CCC2=O)nc1-c1ccc(OC(F)F)cc1. The molecule has 10 heteroatoms. The molecular formula is C18H17F2N3O4S. The second-order valence-electron chi connectivity index (χ2n) is 6.06. The Labute approximate surface area is 163 Å². The molecule has 0 aliphatic carbocycles. The largest absolute Gasteiger partial charge is 0.435 e. The summed E-state index contributed by atoms with van der Waals surface area (Å²) in [7, 11) is 0. The van der Waals surface area contributed by atoms with E-state index in [0.717, 1.165) is 9.78 Å². The first-order valence-electron chi connectivity index (χ1n) is 8.49. The Kier molecular flexibility index (Phi) is 5.98. The van der Waals surface area contributed by atoms with Crippen LogP contribution in [0.2, 0.25) is 0 Å². The average Bonchev–Trinajstić information content (AvgIpc) is 3.15.